The minimum atomic E-state index is 1.18. The van der Waals surface area contributed by atoms with Gasteiger partial charge in [-0.1, -0.05) is 54.2 Å². The molecule has 0 unspecified atom stereocenters. The number of rotatable bonds is 2. The van der Waals surface area contributed by atoms with Gasteiger partial charge in [-0.15, -0.1) is 0 Å². The summed E-state index contributed by atoms with van der Waals surface area (Å²) in [6.07, 6.45) is 0. The first kappa shape index (κ1) is 16.5. The Labute approximate surface area is 170 Å². The van der Waals surface area contributed by atoms with Crippen LogP contribution in [0.3, 0.4) is 0 Å². The number of benzene rings is 4. The van der Waals surface area contributed by atoms with Crippen molar-refractivity contribution in [1.29, 1.82) is 0 Å². The molecule has 0 fully saturated rings. The molecule has 0 atom stereocenters. The molecule has 0 saturated heterocycles. The quantitative estimate of drug-likeness (QED) is 0.355. The van der Waals surface area contributed by atoms with E-state index in [0.717, 1.165) is 0 Å². The third-order valence-electron chi connectivity index (χ3n) is 6.03. The Morgan fingerprint density at radius 2 is 1.45 bits per heavy atom. The van der Waals surface area contributed by atoms with Crippen LogP contribution in [-0.4, -0.2) is 16.8 Å². The van der Waals surface area contributed by atoms with Gasteiger partial charge in [-0.3, -0.25) is 0 Å². The van der Waals surface area contributed by atoms with E-state index < -0.39 is 0 Å². The second-order valence-corrected chi connectivity index (χ2v) is 7.82. The van der Waals surface area contributed by atoms with E-state index in [0.29, 0.717) is 0 Å². The molecule has 0 bridgehead atoms. The van der Waals surface area contributed by atoms with Gasteiger partial charge in [0.25, 0.3) is 0 Å². The third-order valence-corrected chi connectivity index (χ3v) is 6.03. The van der Waals surface area contributed by atoms with Gasteiger partial charge in [-0.25, -0.2) is 0 Å². The van der Waals surface area contributed by atoms with Crippen molar-refractivity contribution in [2.45, 2.75) is 13.7 Å². The first-order valence-electron chi connectivity index (χ1n) is 10.1. The van der Waals surface area contributed by atoms with Crippen LogP contribution >= 0.6 is 0 Å². The normalized spacial score (nSPS) is 11.8. The molecule has 0 aliphatic rings. The lowest BCUT2D eigenvalue weighted by Crippen LogP contribution is -2.09. The maximum absolute atomic E-state index is 3.55. The molecule has 2 nitrogen and oxygen atoms in total. The molecule has 6 rings (SSSR count). The highest BCUT2D eigenvalue weighted by Crippen LogP contribution is 2.34. The summed E-state index contributed by atoms with van der Waals surface area (Å²) < 4.78 is 2.39. The van der Waals surface area contributed by atoms with Crippen LogP contribution in [0.15, 0.2) is 78.9 Å². The first-order valence-corrected chi connectivity index (χ1v) is 10.1. The van der Waals surface area contributed by atoms with Gasteiger partial charge in [0.05, 0.1) is 11.0 Å². The molecule has 3 heteroatoms. The molecule has 0 aliphatic carbocycles. The SMILES string of the molecule is C[B]c1ccc2c(c1)c1ccccc1n2-c1ccc2[nH]c3ccc(C)cc3c2c1. The van der Waals surface area contributed by atoms with E-state index in [9.17, 15) is 0 Å². The molecular weight excluding hydrogens is 351 g/mol. The van der Waals surface area contributed by atoms with Crippen molar-refractivity contribution in [3.05, 3.63) is 84.4 Å². The molecule has 0 amide bonds. The number of aryl methyl sites for hydroxylation is 1. The second kappa shape index (κ2) is 6.02. The average Bonchev–Trinajstić information content (AvgIpc) is 3.28. The molecule has 0 spiro atoms. The van der Waals surface area contributed by atoms with E-state index in [1.807, 2.05) is 0 Å². The molecule has 29 heavy (non-hydrogen) atoms. The van der Waals surface area contributed by atoms with Gasteiger partial charge in [0, 0.05) is 38.3 Å². The highest BCUT2D eigenvalue weighted by molar-refractivity contribution is 6.52. The van der Waals surface area contributed by atoms with Gasteiger partial charge in [0.1, 0.15) is 7.28 Å². The Balaban J connectivity index is 1.71. The number of H-pyrrole nitrogens is 1. The van der Waals surface area contributed by atoms with Crippen LogP contribution in [0.2, 0.25) is 6.82 Å². The minimum absolute atomic E-state index is 1.18. The summed E-state index contributed by atoms with van der Waals surface area (Å²) in [6, 6.07) is 28.8. The summed E-state index contributed by atoms with van der Waals surface area (Å²) in [4.78, 5) is 3.55. The minimum Gasteiger partial charge on any atom is -0.355 e. The zero-order valence-electron chi connectivity index (χ0n) is 16.5. The molecule has 0 aliphatic heterocycles. The van der Waals surface area contributed by atoms with E-state index in [-0.39, 0.29) is 0 Å². The molecule has 4 aromatic carbocycles. The molecule has 2 aromatic heterocycles. The van der Waals surface area contributed by atoms with Crippen LogP contribution < -0.4 is 5.46 Å². The Kier molecular flexibility index (Phi) is 3.42. The van der Waals surface area contributed by atoms with Gasteiger partial charge >= 0.3 is 0 Å². The lowest BCUT2D eigenvalue weighted by Gasteiger charge is -2.08. The van der Waals surface area contributed by atoms with E-state index in [1.54, 1.807) is 0 Å². The van der Waals surface area contributed by atoms with Crippen LogP contribution in [0.1, 0.15) is 5.56 Å². The number of hydrogen-bond donors (Lipinski definition) is 1. The lowest BCUT2D eigenvalue weighted by molar-refractivity contribution is 1.19. The fraction of sp³-hybridized carbons (Fsp3) is 0.0769. The highest BCUT2D eigenvalue weighted by Gasteiger charge is 2.13. The average molecular weight is 371 g/mol. The van der Waals surface area contributed by atoms with Crippen molar-refractivity contribution in [3.8, 4) is 5.69 Å². The highest BCUT2D eigenvalue weighted by atomic mass is 15.0. The zero-order valence-corrected chi connectivity index (χ0v) is 16.5. The number of para-hydroxylation sites is 1. The fourth-order valence-corrected chi connectivity index (χ4v) is 4.59. The van der Waals surface area contributed by atoms with Crippen LogP contribution in [-0.2, 0) is 0 Å². The fourth-order valence-electron chi connectivity index (χ4n) is 4.59. The Morgan fingerprint density at radius 3 is 2.31 bits per heavy atom. The molecule has 2 heterocycles. The summed E-state index contributed by atoms with van der Waals surface area (Å²) in [6.45, 7) is 4.24. The zero-order chi connectivity index (χ0) is 19.5. The first-order chi connectivity index (χ1) is 14.2. The summed E-state index contributed by atoms with van der Waals surface area (Å²) in [5.41, 5.74) is 8.58. The number of aromatic amines is 1. The third kappa shape index (κ3) is 2.37. The summed E-state index contributed by atoms with van der Waals surface area (Å²) in [5.74, 6) is 0. The molecule has 0 saturated carbocycles. The largest absolute Gasteiger partial charge is 0.355 e. The van der Waals surface area contributed by atoms with Gasteiger partial charge in [-0.2, -0.15) is 0 Å². The number of nitrogens with zero attached hydrogens (tertiary/aromatic N) is 1. The number of fused-ring (bicyclic) bond motifs is 6. The molecule has 137 valence electrons. The molecular formula is C26H20BN2. The second-order valence-electron chi connectivity index (χ2n) is 7.82. The number of hydrogen-bond acceptors (Lipinski definition) is 0. The van der Waals surface area contributed by atoms with E-state index >= 15 is 0 Å². The Hall–Kier alpha value is -3.46. The number of aromatic nitrogens is 2. The molecule has 6 aromatic rings. The van der Waals surface area contributed by atoms with Crippen molar-refractivity contribution in [3.63, 3.8) is 0 Å². The van der Waals surface area contributed by atoms with Gasteiger partial charge in [-0.05, 0) is 49.4 Å². The van der Waals surface area contributed by atoms with Crippen molar-refractivity contribution < 1.29 is 0 Å². The summed E-state index contributed by atoms with van der Waals surface area (Å²) in [5, 5.41) is 5.14. The Morgan fingerprint density at radius 1 is 0.690 bits per heavy atom. The Bertz CT molecular complexity index is 1550. The maximum Gasteiger partial charge on any atom is 0.148 e. The van der Waals surface area contributed by atoms with Crippen molar-refractivity contribution in [1.82, 2.24) is 9.55 Å². The summed E-state index contributed by atoms with van der Waals surface area (Å²) in [7, 11) is 2.16. The van der Waals surface area contributed by atoms with Crippen LogP contribution in [0.25, 0.3) is 49.3 Å². The van der Waals surface area contributed by atoms with E-state index in [4.69, 9.17) is 0 Å². The van der Waals surface area contributed by atoms with Crippen LogP contribution in [0, 0.1) is 6.92 Å². The van der Waals surface area contributed by atoms with Crippen LogP contribution in [0.4, 0.5) is 0 Å². The number of nitrogens with one attached hydrogen (secondary N) is 1. The topological polar surface area (TPSA) is 20.7 Å². The van der Waals surface area contributed by atoms with Gasteiger partial charge in [0.15, 0.2) is 0 Å². The summed E-state index contributed by atoms with van der Waals surface area (Å²) >= 11 is 0. The van der Waals surface area contributed by atoms with Crippen molar-refractivity contribution in [2.75, 3.05) is 0 Å². The van der Waals surface area contributed by atoms with Crippen molar-refractivity contribution >= 4 is 56.4 Å². The van der Waals surface area contributed by atoms with Gasteiger partial charge in [0.2, 0.25) is 0 Å². The molecule has 1 radical (unpaired) electrons. The molecule has 1 N–H and O–H groups in total. The predicted octanol–water partition coefficient (Wildman–Crippen LogP) is 6.10. The monoisotopic (exact) mass is 371 g/mol. The lowest BCUT2D eigenvalue weighted by atomic mass is 9.73. The smallest absolute Gasteiger partial charge is 0.148 e. The van der Waals surface area contributed by atoms with E-state index in [1.165, 1.54) is 60.3 Å². The van der Waals surface area contributed by atoms with Crippen LogP contribution in [0.5, 0.6) is 0 Å². The predicted molar refractivity (Wildman–Crippen MR) is 126 cm³/mol. The standard InChI is InChI=1S/C26H20BN2/c1-16-7-10-23-20(13-16)21-15-18(9-11-24(21)28-23)29-25-6-4-3-5-19(25)22-14-17(27-2)8-12-26(22)29/h3-15,28H,1-2H3. The maximum atomic E-state index is 3.55. The van der Waals surface area contributed by atoms with E-state index in [2.05, 4.69) is 109 Å². The van der Waals surface area contributed by atoms with Gasteiger partial charge < -0.3 is 9.55 Å². The van der Waals surface area contributed by atoms with Crippen molar-refractivity contribution in [2.24, 2.45) is 0 Å².